The molecule has 1 aliphatic rings. The van der Waals surface area contributed by atoms with Crippen LogP contribution in [0.4, 0.5) is 0 Å². The summed E-state index contributed by atoms with van der Waals surface area (Å²) >= 11 is 0. The molecule has 1 unspecified atom stereocenters. The summed E-state index contributed by atoms with van der Waals surface area (Å²) in [4.78, 5) is 17.3. The summed E-state index contributed by atoms with van der Waals surface area (Å²) in [7, 11) is 4.62. The van der Waals surface area contributed by atoms with Gasteiger partial charge in [-0.1, -0.05) is 12.1 Å². The van der Waals surface area contributed by atoms with Crippen LogP contribution in [0.3, 0.4) is 0 Å². The highest BCUT2D eigenvalue weighted by atomic mass is 16.6. The first-order valence-electron chi connectivity index (χ1n) is 9.95. The number of hydrogen-bond donors (Lipinski definition) is 0. The van der Waals surface area contributed by atoms with Crippen LogP contribution in [0, 0.1) is 0 Å². The topological polar surface area (TPSA) is 84.8 Å². The summed E-state index contributed by atoms with van der Waals surface area (Å²) < 4.78 is 33.1. The van der Waals surface area contributed by atoms with Gasteiger partial charge in [0.25, 0.3) is 0 Å². The third kappa shape index (κ3) is 5.08. The van der Waals surface area contributed by atoms with Gasteiger partial charge in [-0.05, 0) is 30.7 Å². The number of para-hydroxylation sites is 1. The Hall–Kier alpha value is -3.26. The van der Waals surface area contributed by atoms with E-state index in [1.807, 2.05) is 25.1 Å². The van der Waals surface area contributed by atoms with Gasteiger partial charge in [-0.2, -0.15) is 0 Å². The normalized spacial score (nSPS) is 13.7. The average Bonchev–Trinajstić information content (AvgIpc) is 2.81. The standard InChI is InChI=1S/C23H27NO7/c1-5-29-21(16-7-6-8-18-22(16)31-10-9-30-18)17(25)14-24-13-15-11-19(26-2)23(28-4)20(12-15)27-3/h6-8,11-13,21H,5,9-10,14H2,1-4H3. The number of carbonyl (C=O) groups is 1. The van der Waals surface area contributed by atoms with Crippen LogP contribution in [0.2, 0.25) is 0 Å². The van der Waals surface area contributed by atoms with Gasteiger partial charge in [-0.15, -0.1) is 0 Å². The van der Waals surface area contributed by atoms with Crippen LogP contribution in [-0.2, 0) is 9.53 Å². The molecule has 1 aliphatic heterocycles. The maximum Gasteiger partial charge on any atom is 0.203 e. The van der Waals surface area contributed by atoms with E-state index < -0.39 is 6.10 Å². The molecular weight excluding hydrogens is 402 g/mol. The highest BCUT2D eigenvalue weighted by Gasteiger charge is 2.27. The predicted octanol–water partition coefficient (Wildman–Crippen LogP) is 3.25. The predicted molar refractivity (Wildman–Crippen MR) is 115 cm³/mol. The summed E-state index contributed by atoms with van der Waals surface area (Å²) in [5.74, 6) is 2.49. The van der Waals surface area contributed by atoms with Crippen molar-refractivity contribution >= 4 is 12.0 Å². The Morgan fingerprint density at radius 1 is 1.10 bits per heavy atom. The molecule has 0 spiro atoms. The summed E-state index contributed by atoms with van der Waals surface area (Å²) in [6, 6.07) is 8.96. The first-order valence-corrected chi connectivity index (χ1v) is 9.95. The summed E-state index contributed by atoms with van der Waals surface area (Å²) in [6.07, 6.45) is 0.796. The highest BCUT2D eigenvalue weighted by molar-refractivity contribution is 5.90. The van der Waals surface area contributed by atoms with Crippen LogP contribution in [0.1, 0.15) is 24.2 Å². The fraction of sp³-hybridized carbons (Fsp3) is 0.391. The van der Waals surface area contributed by atoms with E-state index in [0.717, 1.165) is 0 Å². The third-order valence-corrected chi connectivity index (χ3v) is 4.68. The molecule has 31 heavy (non-hydrogen) atoms. The zero-order valence-corrected chi connectivity index (χ0v) is 18.2. The van der Waals surface area contributed by atoms with Crippen molar-refractivity contribution in [1.29, 1.82) is 0 Å². The van der Waals surface area contributed by atoms with Crippen molar-refractivity contribution in [3.8, 4) is 28.7 Å². The van der Waals surface area contributed by atoms with Gasteiger partial charge in [-0.25, -0.2) is 0 Å². The lowest BCUT2D eigenvalue weighted by Crippen LogP contribution is -2.22. The second kappa shape index (κ2) is 10.7. The van der Waals surface area contributed by atoms with Crippen molar-refractivity contribution < 1.29 is 33.2 Å². The molecule has 0 amide bonds. The molecule has 0 radical (unpaired) electrons. The van der Waals surface area contributed by atoms with Crippen molar-refractivity contribution in [1.82, 2.24) is 0 Å². The molecule has 0 saturated carbocycles. The maximum atomic E-state index is 13.0. The number of aliphatic imine (C=N–C) groups is 1. The molecule has 1 atom stereocenters. The quantitative estimate of drug-likeness (QED) is 0.536. The van der Waals surface area contributed by atoms with Crippen LogP contribution in [-0.4, -0.2) is 59.7 Å². The zero-order valence-electron chi connectivity index (χ0n) is 18.2. The number of carbonyl (C=O) groups excluding carboxylic acids is 1. The molecule has 0 saturated heterocycles. The first-order chi connectivity index (χ1) is 15.1. The Labute approximate surface area is 181 Å². The van der Waals surface area contributed by atoms with Crippen molar-refractivity contribution in [2.45, 2.75) is 13.0 Å². The van der Waals surface area contributed by atoms with E-state index in [4.69, 9.17) is 28.4 Å². The van der Waals surface area contributed by atoms with E-state index in [1.165, 1.54) is 7.11 Å². The number of methoxy groups -OCH3 is 3. The molecule has 3 rings (SSSR count). The first kappa shape index (κ1) is 22.4. The number of ether oxygens (including phenoxy) is 6. The van der Waals surface area contributed by atoms with Crippen molar-refractivity contribution in [2.75, 3.05) is 47.7 Å². The maximum absolute atomic E-state index is 13.0. The van der Waals surface area contributed by atoms with Crippen LogP contribution in [0.25, 0.3) is 0 Å². The largest absolute Gasteiger partial charge is 0.493 e. The Morgan fingerprint density at radius 3 is 2.45 bits per heavy atom. The summed E-state index contributed by atoms with van der Waals surface area (Å²) in [5.41, 5.74) is 1.36. The molecule has 0 fully saturated rings. The number of benzene rings is 2. The molecular formula is C23H27NO7. The minimum Gasteiger partial charge on any atom is -0.493 e. The molecule has 0 aromatic heterocycles. The number of fused-ring (bicyclic) bond motifs is 1. The van der Waals surface area contributed by atoms with Gasteiger partial charge >= 0.3 is 0 Å². The fourth-order valence-electron chi connectivity index (χ4n) is 3.33. The molecule has 0 bridgehead atoms. The highest BCUT2D eigenvalue weighted by Crippen LogP contribution is 2.39. The lowest BCUT2D eigenvalue weighted by molar-refractivity contribution is -0.129. The Balaban J connectivity index is 1.79. The Morgan fingerprint density at radius 2 is 1.81 bits per heavy atom. The summed E-state index contributed by atoms with van der Waals surface area (Å²) in [6.45, 7) is 3.05. The second-order valence-corrected chi connectivity index (χ2v) is 6.60. The summed E-state index contributed by atoms with van der Waals surface area (Å²) in [5, 5.41) is 0. The van der Waals surface area contributed by atoms with Crippen molar-refractivity contribution in [3.63, 3.8) is 0 Å². The number of Topliss-reactive ketones (excluding diaryl/α,β-unsaturated/α-hetero) is 1. The smallest absolute Gasteiger partial charge is 0.203 e. The molecule has 2 aromatic rings. The molecule has 8 heteroatoms. The second-order valence-electron chi connectivity index (χ2n) is 6.60. The number of nitrogens with zero attached hydrogens (tertiary/aromatic N) is 1. The molecule has 0 aliphatic carbocycles. The van der Waals surface area contributed by atoms with E-state index in [1.54, 1.807) is 32.6 Å². The van der Waals surface area contributed by atoms with Gasteiger partial charge in [0.1, 0.15) is 25.9 Å². The van der Waals surface area contributed by atoms with E-state index in [2.05, 4.69) is 4.99 Å². The average molecular weight is 429 g/mol. The fourth-order valence-corrected chi connectivity index (χ4v) is 3.33. The van der Waals surface area contributed by atoms with Gasteiger partial charge in [0.05, 0.1) is 21.3 Å². The molecule has 2 aromatic carbocycles. The van der Waals surface area contributed by atoms with Gasteiger partial charge in [0.15, 0.2) is 28.8 Å². The van der Waals surface area contributed by atoms with E-state index in [9.17, 15) is 4.79 Å². The molecule has 1 heterocycles. The van der Waals surface area contributed by atoms with Crippen LogP contribution >= 0.6 is 0 Å². The van der Waals surface area contributed by atoms with Gasteiger partial charge in [-0.3, -0.25) is 9.79 Å². The number of hydrogen-bond acceptors (Lipinski definition) is 8. The Kier molecular flexibility index (Phi) is 7.72. The van der Waals surface area contributed by atoms with Crippen LogP contribution < -0.4 is 23.7 Å². The van der Waals surface area contributed by atoms with Crippen molar-refractivity contribution in [2.24, 2.45) is 4.99 Å². The van der Waals surface area contributed by atoms with Crippen LogP contribution in [0.5, 0.6) is 28.7 Å². The molecule has 0 N–H and O–H groups in total. The van der Waals surface area contributed by atoms with Gasteiger partial charge in [0, 0.05) is 18.4 Å². The lowest BCUT2D eigenvalue weighted by atomic mass is 10.0. The minimum absolute atomic E-state index is 0.0636. The lowest BCUT2D eigenvalue weighted by Gasteiger charge is -2.24. The van der Waals surface area contributed by atoms with E-state index in [0.29, 0.717) is 59.7 Å². The van der Waals surface area contributed by atoms with Gasteiger partial charge < -0.3 is 28.4 Å². The zero-order chi connectivity index (χ0) is 22.2. The third-order valence-electron chi connectivity index (χ3n) is 4.68. The SMILES string of the molecule is CCOC(C(=O)CN=Cc1cc(OC)c(OC)c(OC)c1)c1cccc2c1OCCO2. The van der Waals surface area contributed by atoms with Crippen molar-refractivity contribution in [3.05, 3.63) is 41.5 Å². The molecule has 8 nitrogen and oxygen atoms in total. The minimum atomic E-state index is -0.793. The number of rotatable bonds is 10. The van der Waals surface area contributed by atoms with E-state index in [-0.39, 0.29) is 12.3 Å². The van der Waals surface area contributed by atoms with E-state index >= 15 is 0 Å². The molecule has 166 valence electrons. The Bertz CT molecular complexity index is 917. The number of ketones is 1. The van der Waals surface area contributed by atoms with Crippen LogP contribution in [0.15, 0.2) is 35.3 Å². The monoisotopic (exact) mass is 429 g/mol. The van der Waals surface area contributed by atoms with Gasteiger partial charge in [0.2, 0.25) is 5.75 Å².